The van der Waals surface area contributed by atoms with Crippen LogP contribution >= 0.6 is 0 Å². The molecule has 0 bridgehead atoms. The van der Waals surface area contributed by atoms with Crippen LogP contribution in [0.1, 0.15) is 39.5 Å². The van der Waals surface area contributed by atoms with E-state index >= 15 is 0 Å². The van der Waals surface area contributed by atoms with Gasteiger partial charge in [0, 0.05) is 26.1 Å². The standard InChI is InChI=1S/C14H25N3O2/c1-10-4-3-7-15-13(10)14(19)16-12-5-8-17(9-6-12)11(2)18/h10,12-13,15H,3-9H2,1-2H3,(H,16,19). The number of carbonyl (C=O) groups is 2. The Labute approximate surface area is 115 Å². The number of nitrogens with one attached hydrogen (secondary N) is 2. The summed E-state index contributed by atoms with van der Waals surface area (Å²) < 4.78 is 0. The number of amides is 2. The number of piperidine rings is 2. The Balaban J connectivity index is 1.78. The Bertz CT molecular complexity index is 338. The van der Waals surface area contributed by atoms with E-state index < -0.39 is 0 Å². The third-order valence-corrected chi connectivity index (χ3v) is 4.34. The van der Waals surface area contributed by atoms with Crippen LogP contribution in [0.25, 0.3) is 0 Å². The van der Waals surface area contributed by atoms with Gasteiger partial charge in [-0.25, -0.2) is 0 Å². The molecule has 2 N–H and O–H groups in total. The van der Waals surface area contributed by atoms with Crippen LogP contribution in [0.2, 0.25) is 0 Å². The van der Waals surface area contributed by atoms with Gasteiger partial charge in [-0.15, -0.1) is 0 Å². The number of rotatable bonds is 2. The molecule has 108 valence electrons. The first kappa shape index (κ1) is 14.3. The fourth-order valence-electron chi connectivity index (χ4n) is 3.03. The van der Waals surface area contributed by atoms with E-state index in [2.05, 4.69) is 17.6 Å². The van der Waals surface area contributed by atoms with Crippen LogP contribution in [0, 0.1) is 5.92 Å². The third-order valence-electron chi connectivity index (χ3n) is 4.34. The van der Waals surface area contributed by atoms with Crippen molar-refractivity contribution in [1.82, 2.24) is 15.5 Å². The van der Waals surface area contributed by atoms with Crippen molar-refractivity contribution >= 4 is 11.8 Å². The molecule has 2 fully saturated rings. The van der Waals surface area contributed by atoms with Crippen LogP contribution in [-0.4, -0.2) is 48.4 Å². The summed E-state index contributed by atoms with van der Waals surface area (Å²) >= 11 is 0. The first-order chi connectivity index (χ1) is 9.08. The zero-order valence-corrected chi connectivity index (χ0v) is 11.9. The number of hydrogen-bond donors (Lipinski definition) is 2. The van der Waals surface area contributed by atoms with Crippen LogP contribution in [0.5, 0.6) is 0 Å². The summed E-state index contributed by atoms with van der Waals surface area (Å²) in [5, 5.41) is 6.45. The number of carbonyl (C=O) groups excluding carboxylic acids is 2. The Kier molecular flexibility index (Phi) is 4.80. The highest BCUT2D eigenvalue weighted by Crippen LogP contribution is 2.17. The van der Waals surface area contributed by atoms with Crippen LogP contribution in [0.3, 0.4) is 0 Å². The highest BCUT2D eigenvalue weighted by Gasteiger charge is 2.30. The molecule has 2 saturated heterocycles. The summed E-state index contributed by atoms with van der Waals surface area (Å²) in [7, 11) is 0. The molecule has 2 atom stereocenters. The molecule has 5 heteroatoms. The van der Waals surface area contributed by atoms with Gasteiger partial charge in [-0.3, -0.25) is 9.59 Å². The molecular weight excluding hydrogens is 242 g/mol. The Morgan fingerprint density at radius 3 is 2.47 bits per heavy atom. The van der Waals surface area contributed by atoms with Gasteiger partial charge in [0.15, 0.2) is 0 Å². The zero-order chi connectivity index (χ0) is 13.8. The zero-order valence-electron chi connectivity index (χ0n) is 11.9. The maximum absolute atomic E-state index is 12.2. The van der Waals surface area contributed by atoms with Gasteiger partial charge in [0.25, 0.3) is 0 Å². The fourth-order valence-corrected chi connectivity index (χ4v) is 3.03. The molecule has 2 heterocycles. The lowest BCUT2D eigenvalue weighted by atomic mass is 9.91. The Hall–Kier alpha value is -1.10. The van der Waals surface area contributed by atoms with Crippen LogP contribution < -0.4 is 10.6 Å². The normalized spacial score (nSPS) is 29.1. The van der Waals surface area contributed by atoms with Crippen molar-refractivity contribution < 1.29 is 9.59 Å². The Morgan fingerprint density at radius 2 is 1.89 bits per heavy atom. The van der Waals surface area contributed by atoms with Crippen LogP contribution in [-0.2, 0) is 9.59 Å². The van der Waals surface area contributed by atoms with Crippen LogP contribution in [0.4, 0.5) is 0 Å². The van der Waals surface area contributed by atoms with Crippen molar-refractivity contribution in [3.05, 3.63) is 0 Å². The minimum absolute atomic E-state index is 0.0420. The van der Waals surface area contributed by atoms with Gasteiger partial charge in [-0.2, -0.15) is 0 Å². The molecule has 0 spiro atoms. The lowest BCUT2D eigenvalue weighted by Gasteiger charge is -2.34. The van der Waals surface area contributed by atoms with Crippen molar-refractivity contribution in [1.29, 1.82) is 0 Å². The molecule has 0 radical (unpaired) electrons. The second-order valence-electron chi connectivity index (χ2n) is 5.84. The number of hydrogen-bond acceptors (Lipinski definition) is 3. The van der Waals surface area contributed by atoms with Gasteiger partial charge in [0.05, 0.1) is 6.04 Å². The summed E-state index contributed by atoms with van der Waals surface area (Å²) in [6, 6.07) is 0.179. The summed E-state index contributed by atoms with van der Waals surface area (Å²) in [4.78, 5) is 25.3. The molecule has 2 aliphatic heterocycles. The minimum atomic E-state index is -0.0420. The van der Waals surface area contributed by atoms with Crippen molar-refractivity contribution in [2.75, 3.05) is 19.6 Å². The second-order valence-corrected chi connectivity index (χ2v) is 5.84. The molecule has 2 amide bonds. The van der Waals surface area contributed by atoms with E-state index in [0.29, 0.717) is 5.92 Å². The van der Waals surface area contributed by atoms with Gasteiger partial charge in [-0.1, -0.05) is 6.92 Å². The average Bonchev–Trinajstić information content (AvgIpc) is 2.39. The molecule has 0 aromatic heterocycles. The predicted octanol–water partition coefficient (Wildman–Crippen LogP) is 0.502. The van der Waals surface area contributed by atoms with E-state index in [9.17, 15) is 9.59 Å². The van der Waals surface area contributed by atoms with E-state index in [-0.39, 0.29) is 23.9 Å². The van der Waals surface area contributed by atoms with Crippen molar-refractivity contribution in [2.45, 2.75) is 51.6 Å². The monoisotopic (exact) mass is 267 g/mol. The largest absolute Gasteiger partial charge is 0.352 e. The number of nitrogens with zero attached hydrogens (tertiary/aromatic N) is 1. The SMILES string of the molecule is CC(=O)N1CCC(NC(=O)C2NCCCC2C)CC1. The van der Waals surface area contributed by atoms with Gasteiger partial charge in [-0.05, 0) is 38.1 Å². The van der Waals surface area contributed by atoms with E-state index in [1.54, 1.807) is 6.92 Å². The van der Waals surface area contributed by atoms with E-state index in [4.69, 9.17) is 0 Å². The molecule has 0 aliphatic carbocycles. The van der Waals surface area contributed by atoms with Crippen molar-refractivity contribution in [3.63, 3.8) is 0 Å². The molecule has 5 nitrogen and oxygen atoms in total. The van der Waals surface area contributed by atoms with Crippen molar-refractivity contribution in [2.24, 2.45) is 5.92 Å². The molecular formula is C14H25N3O2. The lowest BCUT2D eigenvalue weighted by molar-refractivity contribution is -0.130. The Morgan fingerprint density at radius 1 is 1.21 bits per heavy atom. The van der Waals surface area contributed by atoms with Crippen molar-refractivity contribution in [3.8, 4) is 0 Å². The smallest absolute Gasteiger partial charge is 0.237 e. The highest BCUT2D eigenvalue weighted by molar-refractivity contribution is 5.82. The highest BCUT2D eigenvalue weighted by atomic mass is 16.2. The molecule has 2 unspecified atom stereocenters. The first-order valence-electron chi connectivity index (χ1n) is 7.37. The predicted molar refractivity (Wildman–Crippen MR) is 73.6 cm³/mol. The summed E-state index contributed by atoms with van der Waals surface area (Å²) in [6.45, 7) is 6.19. The number of likely N-dealkylation sites (tertiary alicyclic amines) is 1. The molecule has 2 rings (SSSR count). The topological polar surface area (TPSA) is 61.4 Å². The third kappa shape index (κ3) is 3.69. The minimum Gasteiger partial charge on any atom is -0.352 e. The molecule has 0 aromatic carbocycles. The van der Waals surface area contributed by atoms with Gasteiger partial charge in [0.2, 0.25) is 11.8 Å². The van der Waals surface area contributed by atoms with E-state index in [0.717, 1.165) is 45.3 Å². The summed E-state index contributed by atoms with van der Waals surface area (Å²) in [6.07, 6.45) is 4.01. The fraction of sp³-hybridized carbons (Fsp3) is 0.857. The van der Waals surface area contributed by atoms with E-state index in [1.165, 1.54) is 0 Å². The van der Waals surface area contributed by atoms with Gasteiger partial charge < -0.3 is 15.5 Å². The van der Waals surface area contributed by atoms with E-state index in [1.807, 2.05) is 4.90 Å². The first-order valence-corrected chi connectivity index (χ1v) is 7.37. The molecule has 19 heavy (non-hydrogen) atoms. The maximum atomic E-state index is 12.2. The molecule has 2 aliphatic rings. The van der Waals surface area contributed by atoms with Crippen LogP contribution in [0.15, 0.2) is 0 Å². The molecule has 0 aromatic rings. The lowest BCUT2D eigenvalue weighted by Crippen LogP contribution is -2.55. The second kappa shape index (κ2) is 6.37. The maximum Gasteiger partial charge on any atom is 0.237 e. The summed E-state index contributed by atoms with van der Waals surface area (Å²) in [5.74, 6) is 0.673. The van der Waals surface area contributed by atoms with Gasteiger partial charge in [0.1, 0.15) is 0 Å². The summed E-state index contributed by atoms with van der Waals surface area (Å²) in [5.41, 5.74) is 0. The quantitative estimate of drug-likeness (QED) is 0.766. The molecule has 0 saturated carbocycles. The average molecular weight is 267 g/mol. The van der Waals surface area contributed by atoms with Gasteiger partial charge >= 0.3 is 0 Å².